The predicted octanol–water partition coefficient (Wildman–Crippen LogP) is 1.06. The Balaban J connectivity index is 4.37. The molecular weight excluding hydrogens is 212 g/mol. The number of aliphatic imine (C=N–C) groups is 2. The van der Waals surface area contributed by atoms with Gasteiger partial charge in [0.2, 0.25) is 12.2 Å². The average Bonchev–Trinajstić information content (AvgIpc) is 2.27. The monoisotopic (exact) mass is 226 g/mol. The normalized spacial score (nSPS) is 13.1. The van der Waals surface area contributed by atoms with Gasteiger partial charge in [0.15, 0.2) is 5.54 Å². The van der Waals surface area contributed by atoms with Gasteiger partial charge in [0, 0.05) is 0 Å². The molecule has 0 amide bonds. The van der Waals surface area contributed by atoms with Crippen LogP contribution in [0.1, 0.15) is 32.6 Å². The standard InChI is InChI=1S/C10H14N2O4/c1-2-10(9(15)16,12-8-14)5-3-4-6-11-7-13/h2-6H2,1H3,(H,15,16). The Bertz CT molecular complexity index is 326. The van der Waals surface area contributed by atoms with Gasteiger partial charge >= 0.3 is 5.97 Å². The van der Waals surface area contributed by atoms with Crippen molar-refractivity contribution in [2.45, 2.75) is 38.1 Å². The van der Waals surface area contributed by atoms with Gasteiger partial charge in [-0.05, 0) is 25.7 Å². The van der Waals surface area contributed by atoms with Crippen LogP contribution in [0.3, 0.4) is 0 Å². The van der Waals surface area contributed by atoms with Crippen LogP contribution in [0.4, 0.5) is 0 Å². The molecule has 6 heteroatoms. The number of nitrogens with zero attached hydrogens (tertiary/aromatic N) is 2. The number of carboxylic acids is 1. The van der Waals surface area contributed by atoms with E-state index in [1.165, 1.54) is 12.2 Å². The van der Waals surface area contributed by atoms with Gasteiger partial charge in [-0.2, -0.15) is 4.99 Å². The van der Waals surface area contributed by atoms with Crippen molar-refractivity contribution in [3.63, 3.8) is 0 Å². The van der Waals surface area contributed by atoms with Crippen LogP contribution in [0, 0.1) is 0 Å². The van der Waals surface area contributed by atoms with E-state index in [4.69, 9.17) is 5.11 Å². The minimum absolute atomic E-state index is 0.231. The summed E-state index contributed by atoms with van der Waals surface area (Å²) in [6, 6.07) is 0. The number of carbonyl (C=O) groups excluding carboxylic acids is 2. The van der Waals surface area contributed by atoms with Gasteiger partial charge in [-0.1, -0.05) is 6.92 Å². The number of carbonyl (C=O) groups is 1. The summed E-state index contributed by atoms with van der Waals surface area (Å²) in [6.07, 6.45) is 4.26. The highest BCUT2D eigenvalue weighted by molar-refractivity contribution is 5.80. The molecule has 0 aromatic rings. The lowest BCUT2D eigenvalue weighted by Gasteiger charge is -2.21. The van der Waals surface area contributed by atoms with Crippen molar-refractivity contribution in [2.75, 3.05) is 6.54 Å². The Kier molecular flexibility index (Phi) is 6.68. The summed E-state index contributed by atoms with van der Waals surface area (Å²) >= 11 is 0. The molecule has 0 radical (unpaired) electrons. The molecule has 0 aromatic heterocycles. The molecule has 0 bridgehead atoms. The minimum Gasteiger partial charge on any atom is -0.479 e. The lowest BCUT2D eigenvalue weighted by molar-refractivity contribution is -0.143. The molecule has 88 valence electrons. The quantitative estimate of drug-likeness (QED) is 0.380. The van der Waals surface area contributed by atoms with Gasteiger partial charge in [0.05, 0.1) is 6.54 Å². The Hall–Kier alpha value is -1.77. The number of carboxylic acid groups (broad SMARTS) is 1. The van der Waals surface area contributed by atoms with E-state index in [1.807, 2.05) is 0 Å². The van der Waals surface area contributed by atoms with Gasteiger partial charge in [0.25, 0.3) is 0 Å². The maximum absolute atomic E-state index is 11.0. The SMILES string of the molecule is CCC(CCCCN=C=O)(N=C=O)C(=O)O. The van der Waals surface area contributed by atoms with E-state index in [-0.39, 0.29) is 12.8 Å². The smallest absolute Gasteiger partial charge is 0.332 e. The Morgan fingerprint density at radius 2 is 2.00 bits per heavy atom. The highest BCUT2D eigenvalue weighted by atomic mass is 16.4. The minimum atomic E-state index is -1.38. The lowest BCUT2D eigenvalue weighted by Crippen LogP contribution is -2.35. The molecule has 0 saturated heterocycles. The molecule has 0 heterocycles. The van der Waals surface area contributed by atoms with Gasteiger partial charge < -0.3 is 5.11 Å². The van der Waals surface area contributed by atoms with Crippen LogP contribution < -0.4 is 0 Å². The number of hydrogen-bond acceptors (Lipinski definition) is 5. The molecule has 6 nitrogen and oxygen atoms in total. The largest absolute Gasteiger partial charge is 0.479 e. The summed E-state index contributed by atoms with van der Waals surface area (Å²) in [4.78, 5) is 37.7. The van der Waals surface area contributed by atoms with E-state index >= 15 is 0 Å². The second kappa shape index (κ2) is 7.51. The van der Waals surface area contributed by atoms with Crippen molar-refractivity contribution in [3.8, 4) is 0 Å². The third-order valence-electron chi connectivity index (χ3n) is 2.42. The van der Waals surface area contributed by atoms with Crippen molar-refractivity contribution in [2.24, 2.45) is 9.98 Å². The van der Waals surface area contributed by atoms with Crippen LogP contribution in [0.25, 0.3) is 0 Å². The summed E-state index contributed by atoms with van der Waals surface area (Å²) in [5.41, 5.74) is -1.38. The van der Waals surface area contributed by atoms with Gasteiger partial charge in [-0.3, -0.25) is 0 Å². The second-order valence-electron chi connectivity index (χ2n) is 3.32. The second-order valence-corrected chi connectivity index (χ2v) is 3.32. The van der Waals surface area contributed by atoms with E-state index in [0.29, 0.717) is 19.4 Å². The summed E-state index contributed by atoms with van der Waals surface area (Å²) < 4.78 is 0. The van der Waals surface area contributed by atoms with E-state index < -0.39 is 11.5 Å². The van der Waals surface area contributed by atoms with Crippen LogP contribution >= 0.6 is 0 Å². The molecule has 0 aliphatic rings. The molecular formula is C10H14N2O4. The highest BCUT2D eigenvalue weighted by Gasteiger charge is 2.35. The molecule has 1 atom stereocenters. The first-order chi connectivity index (χ1) is 7.63. The van der Waals surface area contributed by atoms with Crippen molar-refractivity contribution in [1.29, 1.82) is 0 Å². The fourth-order valence-electron chi connectivity index (χ4n) is 1.36. The maximum atomic E-state index is 11.0. The zero-order valence-electron chi connectivity index (χ0n) is 9.10. The first kappa shape index (κ1) is 14.2. The summed E-state index contributed by atoms with van der Waals surface area (Å²) in [5, 5.41) is 9.00. The van der Waals surface area contributed by atoms with E-state index in [9.17, 15) is 14.4 Å². The van der Waals surface area contributed by atoms with Crippen LogP contribution in [-0.2, 0) is 14.4 Å². The summed E-state index contributed by atoms with van der Waals surface area (Å²) in [5.74, 6) is -1.13. The first-order valence-electron chi connectivity index (χ1n) is 4.99. The van der Waals surface area contributed by atoms with E-state index in [1.54, 1.807) is 6.92 Å². The number of unbranched alkanes of at least 4 members (excludes halogenated alkanes) is 1. The van der Waals surface area contributed by atoms with Crippen LogP contribution in [0.15, 0.2) is 9.98 Å². The molecule has 0 aliphatic carbocycles. The Morgan fingerprint density at radius 1 is 1.31 bits per heavy atom. The number of isocyanates is 2. The predicted molar refractivity (Wildman–Crippen MR) is 55.6 cm³/mol. The Labute approximate surface area is 93.1 Å². The van der Waals surface area contributed by atoms with E-state index in [0.717, 1.165) is 0 Å². The molecule has 0 fully saturated rings. The molecule has 0 saturated carbocycles. The molecule has 16 heavy (non-hydrogen) atoms. The van der Waals surface area contributed by atoms with Crippen molar-refractivity contribution in [3.05, 3.63) is 0 Å². The Morgan fingerprint density at radius 3 is 2.44 bits per heavy atom. The highest BCUT2D eigenvalue weighted by Crippen LogP contribution is 2.23. The fourth-order valence-corrected chi connectivity index (χ4v) is 1.36. The van der Waals surface area contributed by atoms with Crippen LogP contribution in [0.5, 0.6) is 0 Å². The lowest BCUT2D eigenvalue weighted by atomic mass is 9.90. The van der Waals surface area contributed by atoms with Crippen LogP contribution in [0.2, 0.25) is 0 Å². The van der Waals surface area contributed by atoms with Gasteiger partial charge in [-0.25, -0.2) is 19.4 Å². The molecule has 1 unspecified atom stereocenters. The van der Waals surface area contributed by atoms with Crippen molar-refractivity contribution >= 4 is 18.1 Å². The van der Waals surface area contributed by atoms with E-state index in [2.05, 4.69) is 9.98 Å². The van der Waals surface area contributed by atoms with Crippen molar-refractivity contribution in [1.82, 2.24) is 0 Å². The van der Waals surface area contributed by atoms with Crippen LogP contribution in [-0.4, -0.2) is 35.3 Å². The first-order valence-corrected chi connectivity index (χ1v) is 4.99. The number of hydrogen-bond donors (Lipinski definition) is 1. The maximum Gasteiger partial charge on any atom is 0.332 e. The third kappa shape index (κ3) is 4.17. The molecule has 0 spiro atoms. The third-order valence-corrected chi connectivity index (χ3v) is 2.42. The number of aliphatic carboxylic acids is 1. The average molecular weight is 226 g/mol. The number of rotatable bonds is 8. The van der Waals surface area contributed by atoms with Crippen molar-refractivity contribution < 1.29 is 19.5 Å². The summed E-state index contributed by atoms with van der Waals surface area (Å²) in [7, 11) is 0. The molecule has 1 N–H and O–H groups in total. The zero-order valence-corrected chi connectivity index (χ0v) is 9.10. The molecule has 0 aromatic carbocycles. The van der Waals surface area contributed by atoms with Gasteiger partial charge in [0.1, 0.15) is 0 Å². The molecule has 0 rings (SSSR count). The zero-order chi connectivity index (χ0) is 12.4. The fraction of sp³-hybridized carbons (Fsp3) is 0.700. The molecule has 0 aliphatic heterocycles. The van der Waals surface area contributed by atoms with Gasteiger partial charge in [-0.15, -0.1) is 0 Å². The summed E-state index contributed by atoms with van der Waals surface area (Å²) in [6.45, 7) is 1.96. The topological polar surface area (TPSA) is 96.2 Å².